The Labute approximate surface area is 167 Å². The molecular weight excluding hydrogens is 381 g/mol. The summed E-state index contributed by atoms with van der Waals surface area (Å²) in [5, 5.41) is 7.20. The highest BCUT2D eigenvalue weighted by Crippen LogP contribution is 2.21. The van der Waals surface area contributed by atoms with Crippen molar-refractivity contribution in [1.82, 2.24) is 15.5 Å². The first-order chi connectivity index (χ1) is 11.2. The van der Waals surface area contributed by atoms with Gasteiger partial charge in [-0.3, -0.25) is 9.69 Å². The van der Waals surface area contributed by atoms with Crippen molar-refractivity contribution >= 4 is 42.3 Å². The predicted molar refractivity (Wildman–Crippen MR) is 108 cm³/mol. The van der Waals surface area contributed by atoms with E-state index in [0.29, 0.717) is 6.04 Å². The van der Waals surface area contributed by atoms with E-state index in [1.54, 1.807) is 0 Å². The third kappa shape index (κ3) is 6.61. The summed E-state index contributed by atoms with van der Waals surface area (Å²) in [5.41, 5.74) is 1.24. The van der Waals surface area contributed by atoms with Gasteiger partial charge in [0.25, 0.3) is 0 Å². The predicted octanol–water partition coefficient (Wildman–Crippen LogP) is 3.41. The third-order valence-corrected chi connectivity index (χ3v) is 5.15. The van der Waals surface area contributed by atoms with Crippen molar-refractivity contribution in [3.05, 3.63) is 34.9 Å². The molecule has 2 heterocycles. The molecule has 0 bridgehead atoms. The number of piperidine rings is 1. The number of carbonyl (C=O) groups excluding carboxylic acids is 1. The van der Waals surface area contributed by atoms with Gasteiger partial charge in [-0.25, -0.2) is 0 Å². The van der Waals surface area contributed by atoms with Gasteiger partial charge in [0.15, 0.2) is 0 Å². The van der Waals surface area contributed by atoms with Crippen LogP contribution < -0.4 is 10.6 Å². The van der Waals surface area contributed by atoms with Crippen LogP contribution >= 0.6 is 36.4 Å². The highest BCUT2D eigenvalue weighted by Gasteiger charge is 2.26. The lowest BCUT2D eigenvalue weighted by Crippen LogP contribution is -2.49. The molecule has 2 fully saturated rings. The van der Waals surface area contributed by atoms with Crippen molar-refractivity contribution < 1.29 is 4.79 Å². The van der Waals surface area contributed by atoms with E-state index in [1.165, 1.54) is 18.4 Å². The minimum Gasteiger partial charge on any atom is -0.353 e. The zero-order valence-corrected chi connectivity index (χ0v) is 16.8. The van der Waals surface area contributed by atoms with Crippen molar-refractivity contribution in [2.75, 3.05) is 19.6 Å². The Balaban J connectivity index is 0.00000156. The molecule has 2 saturated heterocycles. The highest BCUT2D eigenvalue weighted by molar-refractivity contribution is 6.30. The molecule has 0 aromatic heterocycles. The molecule has 0 saturated carbocycles. The monoisotopic (exact) mass is 407 g/mol. The summed E-state index contributed by atoms with van der Waals surface area (Å²) in [4.78, 5) is 14.7. The van der Waals surface area contributed by atoms with Gasteiger partial charge in [0.2, 0.25) is 5.91 Å². The van der Waals surface area contributed by atoms with Crippen molar-refractivity contribution in [3.8, 4) is 0 Å². The van der Waals surface area contributed by atoms with Gasteiger partial charge in [0, 0.05) is 24.2 Å². The van der Waals surface area contributed by atoms with E-state index in [0.717, 1.165) is 50.5 Å². The molecule has 7 heteroatoms. The number of benzene rings is 1. The summed E-state index contributed by atoms with van der Waals surface area (Å²) >= 11 is 6.09. The fourth-order valence-corrected chi connectivity index (χ4v) is 3.83. The van der Waals surface area contributed by atoms with Gasteiger partial charge in [-0.2, -0.15) is 0 Å². The fraction of sp³-hybridized carbons (Fsp3) is 0.611. The number of amides is 1. The van der Waals surface area contributed by atoms with Crippen LogP contribution in [0.1, 0.15) is 37.7 Å². The Bertz CT molecular complexity index is 538. The first-order valence-corrected chi connectivity index (χ1v) is 9.10. The van der Waals surface area contributed by atoms with Crippen molar-refractivity contribution in [1.29, 1.82) is 0 Å². The number of carbonyl (C=O) groups is 1. The first kappa shape index (κ1) is 22.5. The highest BCUT2D eigenvalue weighted by atomic mass is 35.5. The van der Waals surface area contributed by atoms with Crippen LogP contribution in [-0.2, 0) is 11.3 Å². The quantitative estimate of drug-likeness (QED) is 0.785. The molecule has 2 N–H and O–H groups in total. The second kappa shape index (κ2) is 11.2. The summed E-state index contributed by atoms with van der Waals surface area (Å²) in [7, 11) is 0. The number of halogens is 3. The number of hydrogen-bond acceptors (Lipinski definition) is 3. The normalized spacial score (nSPS) is 23.4. The molecule has 3 rings (SSSR count). The second-order valence-corrected chi connectivity index (χ2v) is 7.08. The van der Waals surface area contributed by atoms with Crippen molar-refractivity contribution in [2.24, 2.45) is 0 Å². The summed E-state index contributed by atoms with van der Waals surface area (Å²) in [5.74, 6) is 0.163. The van der Waals surface area contributed by atoms with Crippen LogP contribution in [0.25, 0.3) is 0 Å². The zero-order valence-electron chi connectivity index (χ0n) is 14.4. The number of rotatable bonds is 5. The van der Waals surface area contributed by atoms with Crippen LogP contribution in [0.4, 0.5) is 0 Å². The van der Waals surface area contributed by atoms with Gasteiger partial charge in [-0.1, -0.05) is 30.2 Å². The van der Waals surface area contributed by atoms with Crippen molar-refractivity contribution in [2.45, 2.75) is 50.7 Å². The lowest BCUT2D eigenvalue weighted by molar-refractivity contribution is -0.123. The Kier molecular flexibility index (Phi) is 10.1. The maximum Gasteiger partial charge on any atom is 0.237 e. The molecule has 25 heavy (non-hydrogen) atoms. The van der Waals surface area contributed by atoms with E-state index in [2.05, 4.69) is 21.6 Å². The molecule has 2 aliphatic rings. The Morgan fingerprint density at radius 3 is 2.80 bits per heavy atom. The van der Waals surface area contributed by atoms with Crippen LogP contribution in [0.2, 0.25) is 5.02 Å². The van der Waals surface area contributed by atoms with Crippen LogP contribution in [0.5, 0.6) is 0 Å². The van der Waals surface area contributed by atoms with Gasteiger partial charge in [0.05, 0.1) is 6.04 Å². The van der Waals surface area contributed by atoms with Crippen molar-refractivity contribution in [3.63, 3.8) is 0 Å². The molecule has 1 aromatic rings. The molecule has 4 nitrogen and oxygen atoms in total. The van der Waals surface area contributed by atoms with E-state index < -0.39 is 0 Å². The smallest absolute Gasteiger partial charge is 0.237 e. The molecule has 1 amide bonds. The number of likely N-dealkylation sites (tertiary alicyclic amines) is 1. The Hall–Kier alpha value is -0.520. The Morgan fingerprint density at radius 1 is 1.24 bits per heavy atom. The minimum absolute atomic E-state index is 0. The zero-order chi connectivity index (χ0) is 16.1. The Morgan fingerprint density at radius 2 is 2.08 bits per heavy atom. The maximum atomic E-state index is 12.2. The SMILES string of the molecule is Cl.Cl.O=C(NCC1CCCCN1Cc1cccc(Cl)c1)C1CCCN1. The molecule has 0 radical (unpaired) electrons. The van der Waals surface area contributed by atoms with Gasteiger partial charge in [-0.15, -0.1) is 24.8 Å². The first-order valence-electron chi connectivity index (χ1n) is 8.72. The van der Waals surface area contributed by atoms with E-state index in [1.807, 2.05) is 18.2 Å². The summed E-state index contributed by atoms with van der Waals surface area (Å²) in [6.07, 6.45) is 5.69. The molecule has 2 unspecified atom stereocenters. The minimum atomic E-state index is 0. The lowest BCUT2D eigenvalue weighted by Gasteiger charge is -2.36. The van der Waals surface area contributed by atoms with Crippen LogP contribution in [0.3, 0.4) is 0 Å². The standard InChI is InChI=1S/C18H26ClN3O.2ClH/c19-15-6-3-5-14(11-15)13-22-10-2-1-7-16(22)12-21-18(23)17-8-4-9-20-17;;/h3,5-6,11,16-17,20H,1-2,4,7-10,12-13H2,(H,21,23);2*1H. The number of nitrogens with zero attached hydrogens (tertiary/aromatic N) is 1. The average Bonchev–Trinajstić information content (AvgIpc) is 3.08. The molecule has 0 aliphatic carbocycles. The van der Waals surface area contributed by atoms with E-state index >= 15 is 0 Å². The van der Waals surface area contributed by atoms with Crippen LogP contribution in [0, 0.1) is 0 Å². The summed E-state index contributed by atoms with van der Waals surface area (Å²) in [6.45, 7) is 3.71. The molecule has 0 spiro atoms. The summed E-state index contributed by atoms with van der Waals surface area (Å²) < 4.78 is 0. The molecule has 2 aliphatic heterocycles. The van der Waals surface area contributed by atoms with Gasteiger partial charge >= 0.3 is 0 Å². The van der Waals surface area contributed by atoms with Gasteiger partial charge in [0.1, 0.15) is 0 Å². The lowest BCUT2D eigenvalue weighted by atomic mass is 10.0. The van der Waals surface area contributed by atoms with E-state index in [4.69, 9.17) is 11.6 Å². The molecule has 2 atom stereocenters. The largest absolute Gasteiger partial charge is 0.353 e. The van der Waals surface area contributed by atoms with E-state index in [9.17, 15) is 4.79 Å². The average molecular weight is 409 g/mol. The number of hydrogen-bond donors (Lipinski definition) is 2. The maximum absolute atomic E-state index is 12.2. The molecule has 1 aromatic carbocycles. The third-order valence-electron chi connectivity index (χ3n) is 4.91. The summed E-state index contributed by atoms with van der Waals surface area (Å²) in [6, 6.07) is 8.51. The molecular formula is C18H28Cl3N3O. The van der Waals surface area contributed by atoms with E-state index in [-0.39, 0.29) is 36.8 Å². The molecule has 142 valence electrons. The van der Waals surface area contributed by atoms with Crippen LogP contribution in [-0.4, -0.2) is 42.5 Å². The van der Waals surface area contributed by atoms with Crippen LogP contribution in [0.15, 0.2) is 24.3 Å². The second-order valence-electron chi connectivity index (χ2n) is 6.64. The fourth-order valence-electron chi connectivity index (χ4n) is 3.62. The van der Waals surface area contributed by atoms with Gasteiger partial charge in [-0.05, 0) is 56.5 Å². The number of nitrogens with one attached hydrogen (secondary N) is 2. The topological polar surface area (TPSA) is 44.4 Å². The van der Waals surface area contributed by atoms with Gasteiger partial charge < -0.3 is 10.6 Å².